The van der Waals surface area contributed by atoms with Gasteiger partial charge in [0.2, 0.25) is 0 Å². The van der Waals surface area contributed by atoms with Gasteiger partial charge in [-0.05, 0) is 38.1 Å². The fourth-order valence-corrected chi connectivity index (χ4v) is 1.59. The molecule has 1 rings (SSSR count). The van der Waals surface area contributed by atoms with Gasteiger partial charge >= 0.3 is 0 Å². The molecule has 16 heavy (non-hydrogen) atoms. The van der Waals surface area contributed by atoms with E-state index in [1.54, 1.807) is 0 Å². The van der Waals surface area contributed by atoms with Crippen LogP contribution in [0.1, 0.15) is 18.9 Å². The van der Waals surface area contributed by atoms with Crippen molar-refractivity contribution in [3.8, 4) is 5.75 Å². The molecule has 0 aliphatic rings. The summed E-state index contributed by atoms with van der Waals surface area (Å²) >= 11 is 0. The van der Waals surface area contributed by atoms with Crippen molar-refractivity contribution in [2.45, 2.75) is 19.9 Å². The lowest BCUT2D eigenvalue weighted by molar-refractivity contribution is 0.244. The minimum Gasteiger partial charge on any atom is -0.494 e. The number of nitrogens with zero attached hydrogens (tertiary/aromatic N) is 1. The summed E-state index contributed by atoms with van der Waals surface area (Å²) < 4.78 is 5.38. The molecule has 0 aliphatic heterocycles. The van der Waals surface area contributed by atoms with Gasteiger partial charge in [0.15, 0.2) is 0 Å². The van der Waals surface area contributed by atoms with E-state index in [9.17, 15) is 0 Å². The highest BCUT2D eigenvalue weighted by Gasteiger charge is 2.00. The van der Waals surface area contributed by atoms with Crippen LogP contribution in [0, 0.1) is 0 Å². The molecule has 0 aliphatic carbocycles. The highest BCUT2D eigenvalue weighted by atomic mass is 16.5. The molecule has 0 aromatic heterocycles. The van der Waals surface area contributed by atoms with Crippen molar-refractivity contribution >= 4 is 0 Å². The van der Waals surface area contributed by atoms with Gasteiger partial charge in [-0.3, -0.25) is 0 Å². The first-order chi connectivity index (χ1) is 7.76. The highest BCUT2D eigenvalue weighted by Crippen LogP contribution is 2.13. The van der Waals surface area contributed by atoms with Crippen molar-refractivity contribution in [1.82, 2.24) is 4.90 Å². The van der Waals surface area contributed by atoms with Gasteiger partial charge in [0.05, 0.1) is 6.61 Å². The van der Waals surface area contributed by atoms with Crippen LogP contribution in [0.15, 0.2) is 24.3 Å². The van der Waals surface area contributed by atoms with Crippen LogP contribution in [0.2, 0.25) is 0 Å². The zero-order valence-electron chi connectivity index (χ0n) is 10.1. The lowest BCUT2D eigenvalue weighted by atomic mass is 10.2. The minimum absolute atomic E-state index is 0.258. The molecule has 1 N–H and O–H groups in total. The van der Waals surface area contributed by atoms with E-state index in [1.165, 1.54) is 5.56 Å². The number of aliphatic hydroxyl groups excluding tert-OH is 1. The standard InChI is InChI=1S/C13H21NO2/c1-3-16-13-7-5-12(6-8-13)11-14(2)9-4-10-15/h5-8,15H,3-4,9-11H2,1-2H3. The summed E-state index contributed by atoms with van der Waals surface area (Å²) in [5.74, 6) is 0.921. The smallest absolute Gasteiger partial charge is 0.119 e. The van der Waals surface area contributed by atoms with Gasteiger partial charge in [-0.15, -0.1) is 0 Å². The van der Waals surface area contributed by atoms with Crippen LogP contribution in [-0.2, 0) is 6.54 Å². The van der Waals surface area contributed by atoms with Crippen molar-refractivity contribution in [1.29, 1.82) is 0 Å². The average Bonchev–Trinajstić information content (AvgIpc) is 2.29. The first-order valence-electron chi connectivity index (χ1n) is 5.77. The molecule has 0 amide bonds. The van der Waals surface area contributed by atoms with Crippen LogP contribution in [-0.4, -0.2) is 36.8 Å². The van der Waals surface area contributed by atoms with E-state index in [2.05, 4.69) is 24.1 Å². The topological polar surface area (TPSA) is 32.7 Å². The number of rotatable bonds is 7. The van der Waals surface area contributed by atoms with E-state index in [4.69, 9.17) is 9.84 Å². The first kappa shape index (κ1) is 13.0. The van der Waals surface area contributed by atoms with E-state index in [0.717, 1.165) is 25.3 Å². The Hall–Kier alpha value is -1.06. The fourth-order valence-electron chi connectivity index (χ4n) is 1.59. The summed E-state index contributed by atoms with van der Waals surface area (Å²) in [5.41, 5.74) is 1.27. The predicted octanol–water partition coefficient (Wildman–Crippen LogP) is 1.90. The van der Waals surface area contributed by atoms with Crippen LogP contribution in [0.3, 0.4) is 0 Å². The predicted molar refractivity (Wildman–Crippen MR) is 65.6 cm³/mol. The largest absolute Gasteiger partial charge is 0.494 e. The third-order valence-electron chi connectivity index (χ3n) is 2.38. The van der Waals surface area contributed by atoms with E-state index >= 15 is 0 Å². The normalized spacial score (nSPS) is 10.8. The Morgan fingerprint density at radius 1 is 1.25 bits per heavy atom. The number of aliphatic hydroxyl groups is 1. The molecule has 0 spiro atoms. The van der Waals surface area contributed by atoms with Gasteiger partial charge in [0, 0.05) is 19.7 Å². The maximum Gasteiger partial charge on any atom is 0.119 e. The van der Waals surface area contributed by atoms with Crippen molar-refractivity contribution < 1.29 is 9.84 Å². The lowest BCUT2D eigenvalue weighted by Gasteiger charge is -2.16. The summed E-state index contributed by atoms with van der Waals surface area (Å²) in [7, 11) is 2.06. The zero-order chi connectivity index (χ0) is 11.8. The summed E-state index contributed by atoms with van der Waals surface area (Å²) in [4.78, 5) is 2.20. The van der Waals surface area contributed by atoms with Gasteiger partial charge in [0.25, 0.3) is 0 Å². The van der Waals surface area contributed by atoms with Gasteiger partial charge < -0.3 is 14.7 Å². The number of benzene rings is 1. The van der Waals surface area contributed by atoms with E-state index in [-0.39, 0.29) is 6.61 Å². The second-order valence-corrected chi connectivity index (χ2v) is 3.89. The molecule has 0 atom stereocenters. The Bertz CT molecular complexity index is 284. The van der Waals surface area contributed by atoms with Crippen LogP contribution in [0.4, 0.5) is 0 Å². The summed E-state index contributed by atoms with van der Waals surface area (Å²) in [5, 5.41) is 8.73. The summed E-state index contributed by atoms with van der Waals surface area (Å²) in [6, 6.07) is 8.16. The van der Waals surface area contributed by atoms with Crippen molar-refractivity contribution in [2.24, 2.45) is 0 Å². The minimum atomic E-state index is 0.258. The SMILES string of the molecule is CCOc1ccc(CN(C)CCCO)cc1. The summed E-state index contributed by atoms with van der Waals surface area (Å²) in [6.45, 7) is 4.77. The van der Waals surface area contributed by atoms with Crippen LogP contribution in [0.5, 0.6) is 5.75 Å². The molecule has 1 aromatic carbocycles. The molecule has 0 saturated carbocycles. The Morgan fingerprint density at radius 3 is 2.50 bits per heavy atom. The van der Waals surface area contributed by atoms with Gasteiger partial charge in [-0.2, -0.15) is 0 Å². The van der Waals surface area contributed by atoms with Gasteiger partial charge in [-0.25, -0.2) is 0 Å². The average molecular weight is 223 g/mol. The van der Waals surface area contributed by atoms with Gasteiger partial charge in [-0.1, -0.05) is 12.1 Å². The molecule has 3 heteroatoms. The fraction of sp³-hybridized carbons (Fsp3) is 0.538. The van der Waals surface area contributed by atoms with E-state index in [0.29, 0.717) is 6.61 Å². The second-order valence-electron chi connectivity index (χ2n) is 3.89. The Morgan fingerprint density at radius 2 is 1.94 bits per heavy atom. The summed E-state index contributed by atoms with van der Waals surface area (Å²) in [6.07, 6.45) is 0.827. The number of hydrogen-bond acceptors (Lipinski definition) is 3. The Labute approximate surface area is 97.7 Å². The number of hydrogen-bond donors (Lipinski definition) is 1. The zero-order valence-corrected chi connectivity index (χ0v) is 10.1. The molecular formula is C13H21NO2. The third-order valence-corrected chi connectivity index (χ3v) is 2.38. The molecule has 0 bridgehead atoms. The van der Waals surface area contributed by atoms with E-state index in [1.807, 2.05) is 19.1 Å². The molecule has 0 unspecified atom stereocenters. The molecule has 3 nitrogen and oxygen atoms in total. The first-order valence-corrected chi connectivity index (χ1v) is 5.77. The molecule has 0 saturated heterocycles. The monoisotopic (exact) mass is 223 g/mol. The quantitative estimate of drug-likeness (QED) is 0.766. The molecule has 0 heterocycles. The number of ether oxygens (including phenoxy) is 1. The van der Waals surface area contributed by atoms with Gasteiger partial charge in [0.1, 0.15) is 5.75 Å². The lowest BCUT2D eigenvalue weighted by Crippen LogP contribution is -2.19. The van der Waals surface area contributed by atoms with Crippen LogP contribution < -0.4 is 4.74 Å². The third kappa shape index (κ3) is 4.64. The van der Waals surface area contributed by atoms with E-state index < -0.39 is 0 Å². The molecule has 90 valence electrons. The Balaban J connectivity index is 2.41. The van der Waals surface area contributed by atoms with Crippen LogP contribution >= 0.6 is 0 Å². The Kier molecular flexibility index (Phi) is 5.90. The van der Waals surface area contributed by atoms with Crippen molar-refractivity contribution in [3.63, 3.8) is 0 Å². The molecule has 0 fully saturated rings. The maximum absolute atomic E-state index is 8.73. The second kappa shape index (κ2) is 7.25. The highest BCUT2D eigenvalue weighted by molar-refractivity contribution is 5.27. The molecule has 1 aromatic rings. The molecular weight excluding hydrogens is 202 g/mol. The van der Waals surface area contributed by atoms with Crippen molar-refractivity contribution in [3.05, 3.63) is 29.8 Å². The molecule has 0 radical (unpaired) electrons. The maximum atomic E-state index is 8.73. The van der Waals surface area contributed by atoms with Crippen molar-refractivity contribution in [2.75, 3.05) is 26.8 Å². The van der Waals surface area contributed by atoms with Crippen LogP contribution in [0.25, 0.3) is 0 Å².